The Kier molecular flexibility index (Phi) is 4.15. The van der Waals surface area contributed by atoms with E-state index in [1.807, 2.05) is 6.07 Å². The molecule has 1 aliphatic heterocycles. The third kappa shape index (κ3) is 2.95. The zero-order valence-corrected chi connectivity index (χ0v) is 16.7. The number of nitriles is 1. The van der Waals surface area contributed by atoms with Crippen LogP contribution in [0.3, 0.4) is 0 Å². The van der Waals surface area contributed by atoms with Crippen molar-refractivity contribution in [1.29, 1.82) is 5.26 Å². The number of nitrogens with zero attached hydrogens (tertiary/aromatic N) is 4. The summed E-state index contributed by atoms with van der Waals surface area (Å²) in [5.41, 5.74) is 6.19. The van der Waals surface area contributed by atoms with E-state index in [4.69, 9.17) is 11.0 Å². The number of aliphatic imine (C=N–C) groups is 1. The highest BCUT2D eigenvalue weighted by atomic mass is 32.2. The molecule has 0 bridgehead atoms. The third-order valence-corrected chi connectivity index (χ3v) is 6.78. The number of aromatic nitrogens is 2. The molecule has 9 heteroatoms. The van der Waals surface area contributed by atoms with E-state index in [9.17, 15) is 8.78 Å². The van der Waals surface area contributed by atoms with Crippen LogP contribution in [-0.2, 0) is 5.54 Å². The number of benzene rings is 1. The minimum atomic E-state index is -0.980. The van der Waals surface area contributed by atoms with Gasteiger partial charge in [-0.05, 0) is 37.6 Å². The van der Waals surface area contributed by atoms with Crippen LogP contribution in [0, 0.1) is 28.9 Å². The summed E-state index contributed by atoms with van der Waals surface area (Å²) >= 11 is 1.49. The zero-order chi connectivity index (χ0) is 21.0. The topological polar surface area (TPSA) is 100.0 Å². The normalized spacial score (nSPS) is 24.7. The molecule has 2 aliphatic rings. The molecular formula is C21H16F2N6S. The van der Waals surface area contributed by atoms with Crippen molar-refractivity contribution in [3.63, 3.8) is 0 Å². The van der Waals surface area contributed by atoms with E-state index in [1.165, 1.54) is 11.8 Å². The molecule has 0 spiro atoms. The number of pyridine rings is 2. The average Bonchev–Trinajstić information content (AvgIpc) is 3.50. The molecular weight excluding hydrogens is 406 g/mol. The molecule has 1 saturated carbocycles. The minimum Gasteiger partial charge on any atom is -0.379 e. The van der Waals surface area contributed by atoms with E-state index in [0.29, 0.717) is 22.2 Å². The van der Waals surface area contributed by atoms with Gasteiger partial charge in [-0.15, -0.1) is 0 Å². The van der Waals surface area contributed by atoms with Crippen LogP contribution in [0.4, 0.5) is 20.3 Å². The molecule has 3 atom stereocenters. The fraction of sp³-hybridized carbons (Fsp3) is 0.238. The summed E-state index contributed by atoms with van der Waals surface area (Å²) in [4.78, 5) is 13.1. The maximum atomic E-state index is 14.8. The number of hydrogen-bond donors (Lipinski definition) is 2. The first-order chi connectivity index (χ1) is 14.4. The molecule has 0 saturated heterocycles. The number of nitrogens with one attached hydrogen (secondary N) is 1. The fourth-order valence-corrected chi connectivity index (χ4v) is 5.30. The van der Waals surface area contributed by atoms with Crippen molar-refractivity contribution in [1.82, 2.24) is 9.97 Å². The van der Waals surface area contributed by atoms with Crippen LogP contribution in [0.5, 0.6) is 0 Å². The molecule has 1 aromatic carbocycles. The van der Waals surface area contributed by atoms with Gasteiger partial charge in [0.2, 0.25) is 0 Å². The monoisotopic (exact) mass is 422 g/mol. The Morgan fingerprint density at radius 1 is 1.30 bits per heavy atom. The number of rotatable bonds is 3. The van der Waals surface area contributed by atoms with Gasteiger partial charge in [0.05, 0.1) is 5.54 Å². The van der Waals surface area contributed by atoms with E-state index in [-0.39, 0.29) is 22.4 Å². The standard InChI is InChI=1S/C21H16F2N6S/c1-21(13-8-16(13)30-20(25)29-21)14-6-12(7-15(22)17(14)23)28-19-18-10(4-5-26-19)2-3-11(9-24)27-18/h2-7,13,16H,8H2,1H3,(H2,25,29)(H,26,28)/t13-,16+,21+/m1/s1. The number of halogens is 2. The second-order valence-corrected chi connectivity index (χ2v) is 8.84. The lowest BCUT2D eigenvalue weighted by Crippen LogP contribution is -2.32. The highest BCUT2D eigenvalue weighted by molar-refractivity contribution is 8.14. The molecule has 150 valence electrons. The van der Waals surface area contributed by atoms with Gasteiger partial charge in [-0.2, -0.15) is 5.26 Å². The number of fused-ring (bicyclic) bond motifs is 2. The first kappa shape index (κ1) is 18.8. The van der Waals surface area contributed by atoms with Crippen LogP contribution in [0.2, 0.25) is 0 Å². The number of anilines is 2. The summed E-state index contributed by atoms with van der Waals surface area (Å²) < 4.78 is 29.4. The summed E-state index contributed by atoms with van der Waals surface area (Å²) in [6, 6.07) is 9.75. The lowest BCUT2D eigenvalue weighted by atomic mass is 9.86. The number of amidine groups is 1. The molecule has 3 N–H and O–H groups in total. The van der Waals surface area contributed by atoms with Crippen molar-refractivity contribution >= 4 is 39.3 Å². The van der Waals surface area contributed by atoms with Gasteiger partial charge in [0.25, 0.3) is 0 Å². The highest BCUT2D eigenvalue weighted by Gasteiger charge is 2.56. The molecule has 6 nitrogen and oxygen atoms in total. The Bertz CT molecular complexity index is 1270. The van der Waals surface area contributed by atoms with Gasteiger partial charge in [0, 0.05) is 40.1 Å². The molecule has 0 radical (unpaired) electrons. The predicted molar refractivity (Wildman–Crippen MR) is 112 cm³/mol. The van der Waals surface area contributed by atoms with Gasteiger partial charge in [-0.1, -0.05) is 11.8 Å². The van der Waals surface area contributed by atoms with E-state index in [0.717, 1.165) is 17.9 Å². The summed E-state index contributed by atoms with van der Waals surface area (Å²) in [7, 11) is 0. The van der Waals surface area contributed by atoms with Crippen LogP contribution in [0.1, 0.15) is 24.6 Å². The van der Waals surface area contributed by atoms with Crippen molar-refractivity contribution in [3.05, 3.63) is 59.4 Å². The number of hydrogen-bond acceptors (Lipinski definition) is 7. The summed E-state index contributed by atoms with van der Waals surface area (Å²) in [6.07, 6.45) is 2.44. The maximum Gasteiger partial charge on any atom is 0.164 e. The summed E-state index contributed by atoms with van der Waals surface area (Å²) in [5, 5.41) is 13.6. The average molecular weight is 422 g/mol. The van der Waals surface area contributed by atoms with Crippen LogP contribution in [0.15, 0.2) is 41.5 Å². The van der Waals surface area contributed by atoms with Crippen LogP contribution in [-0.4, -0.2) is 20.4 Å². The Hall–Kier alpha value is -3.25. The highest BCUT2D eigenvalue weighted by Crippen LogP contribution is 2.58. The first-order valence-electron chi connectivity index (χ1n) is 9.33. The van der Waals surface area contributed by atoms with Crippen molar-refractivity contribution in [2.45, 2.75) is 24.1 Å². The molecule has 3 heterocycles. The van der Waals surface area contributed by atoms with Gasteiger partial charge >= 0.3 is 0 Å². The Labute approximate surface area is 175 Å². The smallest absolute Gasteiger partial charge is 0.164 e. The Balaban J connectivity index is 1.60. The predicted octanol–water partition coefficient (Wildman–Crippen LogP) is 4.19. The van der Waals surface area contributed by atoms with Crippen molar-refractivity contribution in [2.24, 2.45) is 16.6 Å². The Morgan fingerprint density at radius 3 is 2.93 bits per heavy atom. The van der Waals surface area contributed by atoms with E-state index >= 15 is 0 Å². The molecule has 0 unspecified atom stereocenters. The van der Waals surface area contributed by atoms with E-state index in [1.54, 1.807) is 37.4 Å². The van der Waals surface area contributed by atoms with E-state index in [2.05, 4.69) is 20.3 Å². The quantitative estimate of drug-likeness (QED) is 0.657. The molecule has 3 aromatic rings. The lowest BCUT2D eigenvalue weighted by Gasteiger charge is -2.30. The SMILES string of the molecule is C[C@]1(c2cc(Nc3nccc4ccc(C#N)nc34)cc(F)c2F)N=C(N)S[C@H]2C[C@H]21. The summed E-state index contributed by atoms with van der Waals surface area (Å²) in [5.74, 6) is -1.45. The number of nitrogens with two attached hydrogens (primary N) is 1. The third-order valence-electron chi connectivity index (χ3n) is 5.63. The second-order valence-electron chi connectivity index (χ2n) is 7.58. The molecule has 30 heavy (non-hydrogen) atoms. The van der Waals surface area contributed by atoms with Crippen molar-refractivity contribution in [2.75, 3.05) is 5.32 Å². The van der Waals surface area contributed by atoms with E-state index < -0.39 is 17.2 Å². The first-order valence-corrected chi connectivity index (χ1v) is 10.2. The fourth-order valence-electron chi connectivity index (χ4n) is 4.01. The molecule has 1 fully saturated rings. The largest absolute Gasteiger partial charge is 0.379 e. The number of thioether (sulfide) groups is 1. The van der Waals surface area contributed by atoms with Crippen LogP contribution >= 0.6 is 11.8 Å². The molecule has 0 amide bonds. The van der Waals surface area contributed by atoms with Gasteiger partial charge in [-0.25, -0.2) is 18.7 Å². The van der Waals surface area contributed by atoms with Crippen LogP contribution in [0.25, 0.3) is 10.9 Å². The van der Waals surface area contributed by atoms with Gasteiger partial charge in [0.1, 0.15) is 17.3 Å². The van der Waals surface area contributed by atoms with Gasteiger partial charge in [0.15, 0.2) is 22.6 Å². The van der Waals surface area contributed by atoms with Crippen LogP contribution < -0.4 is 11.1 Å². The van der Waals surface area contributed by atoms with Crippen molar-refractivity contribution in [3.8, 4) is 6.07 Å². The van der Waals surface area contributed by atoms with Gasteiger partial charge < -0.3 is 11.1 Å². The molecule has 2 aromatic heterocycles. The zero-order valence-electron chi connectivity index (χ0n) is 15.9. The van der Waals surface area contributed by atoms with Gasteiger partial charge in [-0.3, -0.25) is 4.99 Å². The minimum absolute atomic E-state index is 0.106. The Morgan fingerprint density at radius 2 is 2.13 bits per heavy atom. The molecule has 1 aliphatic carbocycles. The maximum absolute atomic E-state index is 14.8. The second kappa shape index (κ2) is 6.64. The lowest BCUT2D eigenvalue weighted by molar-refractivity contribution is 0.393. The van der Waals surface area contributed by atoms with Crippen molar-refractivity contribution < 1.29 is 8.78 Å². The summed E-state index contributed by atoms with van der Waals surface area (Å²) in [6.45, 7) is 1.79. The molecule has 5 rings (SSSR count).